The van der Waals surface area contributed by atoms with Crippen molar-refractivity contribution in [2.24, 2.45) is 0 Å². The number of sulfonamides is 1. The Balaban J connectivity index is 2.20. The fraction of sp³-hybridized carbons (Fsp3) is 0.727. The van der Waals surface area contributed by atoms with E-state index in [1.54, 1.807) is 0 Å². The summed E-state index contributed by atoms with van der Waals surface area (Å²) in [4.78, 5) is -0.253. The average Bonchev–Trinajstić information content (AvgIpc) is 3.10. The molecule has 1 aromatic heterocycles. The van der Waals surface area contributed by atoms with E-state index in [0.717, 1.165) is 6.20 Å². The van der Waals surface area contributed by atoms with E-state index in [-0.39, 0.29) is 11.5 Å². The molecule has 0 unspecified atom stereocenters. The normalized spacial score (nSPS) is 16.6. The highest BCUT2D eigenvalue weighted by atomic mass is 32.2. The van der Waals surface area contributed by atoms with E-state index in [2.05, 4.69) is 5.10 Å². The minimum Gasteiger partial charge on any atom is -0.396 e. The van der Waals surface area contributed by atoms with Gasteiger partial charge in [-0.05, 0) is 19.3 Å². The van der Waals surface area contributed by atoms with E-state index in [1.807, 2.05) is 0 Å². The van der Waals surface area contributed by atoms with Gasteiger partial charge in [-0.1, -0.05) is 0 Å². The van der Waals surface area contributed by atoms with E-state index in [1.165, 1.54) is 10.9 Å². The summed E-state index contributed by atoms with van der Waals surface area (Å²) in [5.41, 5.74) is 0. The van der Waals surface area contributed by atoms with Gasteiger partial charge >= 0.3 is 6.18 Å². The molecule has 0 amide bonds. The fourth-order valence-electron chi connectivity index (χ4n) is 1.92. The maximum absolute atomic E-state index is 12.6. The van der Waals surface area contributed by atoms with Crippen molar-refractivity contribution in [1.82, 2.24) is 14.1 Å². The van der Waals surface area contributed by atoms with Crippen molar-refractivity contribution in [2.75, 3.05) is 13.2 Å². The molecule has 1 aliphatic carbocycles. The van der Waals surface area contributed by atoms with Crippen LogP contribution >= 0.6 is 0 Å². The Morgan fingerprint density at radius 1 is 1.43 bits per heavy atom. The maximum Gasteiger partial charge on any atom is 0.402 e. The number of aromatic nitrogens is 2. The minimum atomic E-state index is -4.58. The van der Waals surface area contributed by atoms with Crippen molar-refractivity contribution in [3.63, 3.8) is 0 Å². The summed E-state index contributed by atoms with van der Waals surface area (Å²) in [6.45, 7) is -1.26. The van der Waals surface area contributed by atoms with Crippen molar-refractivity contribution >= 4 is 10.0 Å². The summed E-state index contributed by atoms with van der Waals surface area (Å²) in [7, 11) is -4.21. The molecule has 1 aromatic rings. The standard InChI is InChI=1S/C11H16F3N3O3S/c12-11(13,14)8-17(9-2-3-9)21(19,20)10-6-15-16(7-10)4-1-5-18/h6-7,9,18H,1-5,8H2. The van der Waals surface area contributed by atoms with Gasteiger partial charge in [-0.3, -0.25) is 4.68 Å². The smallest absolute Gasteiger partial charge is 0.396 e. The van der Waals surface area contributed by atoms with Crippen LogP contribution in [-0.4, -0.2) is 53.0 Å². The van der Waals surface area contributed by atoms with E-state index in [4.69, 9.17) is 5.11 Å². The van der Waals surface area contributed by atoms with Crippen LogP contribution in [0.3, 0.4) is 0 Å². The van der Waals surface area contributed by atoms with Crippen LogP contribution in [0, 0.1) is 0 Å². The number of hydrogen-bond acceptors (Lipinski definition) is 4. The van der Waals surface area contributed by atoms with Gasteiger partial charge in [0, 0.05) is 25.4 Å². The van der Waals surface area contributed by atoms with Crippen molar-refractivity contribution in [3.8, 4) is 0 Å². The van der Waals surface area contributed by atoms with E-state index < -0.39 is 28.8 Å². The molecule has 0 atom stereocenters. The van der Waals surface area contributed by atoms with Crippen LogP contribution in [0.2, 0.25) is 0 Å². The summed E-state index contributed by atoms with van der Waals surface area (Å²) in [6.07, 6.45) is -1.09. The van der Waals surface area contributed by atoms with Gasteiger partial charge in [-0.25, -0.2) is 8.42 Å². The fourth-order valence-corrected chi connectivity index (χ4v) is 3.54. The van der Waals surface area contributed by atoms with E-state index in [9.17, 15) is 21.6 Å². The molecule has 1 fully saturated rings. The second-order valence-corrected chi connectivity index (χ2v) is 6.80. The lowest BCUT2D eigenvalue weighted by Gasteiger charge is -2.22. The molecule has 0 spiro atoms. The molecule has 0 aromatic carbocycles. The third-order valence-corrected chi connectivity index (χ3v) is 4.90. The lowest BCUT2D eigenvalue weighted by Crippen LogP contribution is -2.40. The van der Waals surface area contributed by atoms with E-state index >= 15 is 0 Å². The van der Waals surface area contributed by atoms with Gasteiger partial charge in [0.15, 0.2) is 0 Å². The van der Waals surface area contributed by atoms with E-state index in [0.29, 0.717) is 30.1 Å². The predicted molar refractivity (Wildman–Crippen MR) is 66.9 cm³/mol. The molecule has 10 heteroatoms. The zero-order valence-corrected chi connectivity index (χ0v) is 11.9. The summed E-state index contributed by atoms with van der Waals surface area (Å²) in [5, 5.41) is 12.5. The van der Waals surface area contributed by atoms with Gasteiger partial charge in [0.2, 0.25) is 10.0 Å². The molecule has 0 saturated heterocycles. The maximum atomic E-state index is 12.6. The molecule has 1 saturated carbocycles. The Morgan fingerprint density at radius 2 is 2.10 bits per heavy atom. The first-order valence-electron chi connectivity index (χ1n) is 6.46. The number of aliphatic hydroxyl groups is 1. The van der Waals surface area contributed by atoms with Gasteiger partial charge in [0.1, 0.15) is 11.4 Å². The number of aryl methyl sites for hydroxylation is 1. The minimum absolute atomic E-state index is 0.0792. The summed E-state index contributed by atoms with van der Waals surface area (Å²) in [5.74, 6) is 0. The van der Waals surface area contributed by atoms with Crippen LogP contribution in [0.1, 0.15) is 19.3 Å². The van der Waals surface area contributed by atoms with Crippen LogP contribution in [0.25, 0.3) is 0 Å². The quantitative estimate of drug-likeness (QED) is 0.810. The monoisotopic (exact) mass is 327 g/mol. The highest BCUT2D eigenvalue weighted by Gasteiger charge is 2.45. The first kappa shape index (κ1) is 16.2. The number of alkyl halides is 3. The first-order valence-corrected chi connectivity index (χ1v) is 7.90. The molecule has 21 heavy (non-hydrogen) atoms. The van der Waals surface area contributed by atoms with Crippen molar-refractivity contribution in [2.45, 2.75) is 42.9 Å². The number of halogens is 3. The Bertz CT molecular complexity index is 581. The first-order chi connectivity index (χ1) is 9.74. The Morgan fingerprint density at radius 3 is 2.62 bits per heavy atom. The number of nitrogens with zero attached hydrogens (tertiary/aromatic N) is 3. The van der Waals surface area contributed by atoms with Crippen LogP contribution in [0.5, 0.6) is 0 Å². The van der Waals surface area contributed by atoms with Gasteiger partial charge in [0.05, 0.1) is 6.20 Å². The molecule has 1 heterocycles. The molecule has 0 aliphatic heterocycles. The predicted octanol–water partition coefficient (Wildman–Crippen LogP) is 0.981. The molecule has 6 nitrogen and oxygen atoms in total. The number of rotatable bonds is 7. The lowest BCUT2D eigenvalue weighted by atomic mass is 10.5. The largest absolute Gasteiger partial charge is 0.402 e. The van der Waals surface area contributed by atoms with Gasteiger partial charge < -0.3 is 5.11 Å². The Labute approximate surface area is 120 Å². The molecule has 1 N–H and O–H groups in total. The summed E-state index contributed by atoms with van der Waals surface area (Å²) in [6, 6.07) is -0.586. The van der Waals surface area contributed by atoms with Crippen LogP contribution in [0.4, 0.5) is 13.2 Å². The summed E-state index contributed by atoms with van der Waals surface area (Å²) >= 11 is 0. The zero-order valence-electron chi connectivity index (χ0n) is 11.1. The molecular weight excluding hydrogens is 311 g/mol. The molecule has 2 rings (SSSR count). The highest BCUT2D eigenvalue weighted by molar-refractivity contribution is 7.89. The molecule has 0 bridgehead atoms. The SMILES string of the molecule is O=S(=O)(c1cnn(CCCO)c1)N(CC(F)(F)F)C1CC1. The lowest BCUT2D eigenvalue weighted by molar-refractivity contribution is -0.137. The number of aliphatic hydroxyl groups excluding tert-OH is 1. The molecular formula is C11H16F3N3O3S. The highest BCUT2D eigenvalue weighted by Crippen LogP contribution is 2.34. The topological polar surface area (TPSA) is 75.4 Å². The second-order valence-electron chi connectivity index (χ2n) is 4.91. The average molecular weight is 327 g/mol. The van der Waals surface area contributed by atoms with Crippen LogP contribution < -0.4 is 0 Å². The zero-order chi connectivity index (χ0) is 15.7. The molecule has 120 valence electrons. The molecule has 0 radical (unpaired) electrons. The van der Waals surface area contributed by atoms with Crippen molar-refractivity contribution in [3.05, 3.63) is 12.4 Å². The second kappa shape index (κ2) is 5.93. The van der Waals surface area contributed by atoms with Crippen molar-refractivity contribution < 1.29 is 26.7 Å². The Kier molecular flexibility index (Phi) is 4.59. The number of hydrogen-bond donors (Lipinski definition) is 1. The van der Waals surface area contributed by atoms with Crippen molar-refractivity contribution in [1.29, 1.82) is 0 Å². The summed E-state index contributed by atoms with van der Waals surface area (Å²) < 4.78 is 64.1. The van der Waals surface area contributed by atoms with Gasteiger partial charge in [-0.15, -0.1) is 0 Å². The van der Waals surface area contributed by atoms with Gasteiger partial charge in [-0.2, -0.15) is 22.6 Å². The third-order valence-electron chi connectivity index (χ3n) is 3.05. The van der Waals surface area contributed by atoms with Gasteiger partial charge in [0.25, 0.3) is 0 Å². The van der Waals surface area contributed by atoms with Crippen LogP contribution in [0.15, 0.2) is 17.3 Å². The van der Waals surface area contributed by atoms with Crippen LogP contribution in [-0.2, 0) is 16.6 Å². The Hall–Kier alpha value is -1.13. The molecule has 1 aliphatic rings. The third kappa shape index (κ3) is 4.17.